The van der Waals surface area contributed by atoms with E-state index < -0.39 is 0 Å². The SMILES string of the molecule is Cc1ccc(Sc2nc3sccn3c2[N+](=O)[O-])c(C)c1. The molecule has 2 heterocycles. The first kappa shape index (κ1) is 13.1. The lowest BCUT2D eigenvalue weighted by molar-refractivity contribution is -0.393. The summed E-state index contributed by atoms with van der Waals surface area (Å²) in [5, 5.41) is 13.5. The van der Waals surface area contributed by atoms with Gasteiger partial charge in [0.25, 0.3) is 4.96 Å². The van der Waals surface area contributed by atoms with Gasteiger partial charge in [-0.1, -0.05) is 40.8 Å². The van der Waals surface area contributed by atoms with Crippen LogP contribution in [0.25, 0.3) is 4.96 Å². The predicted molar refractivity (Wildman–Crippen MR) is 79.8 cm³/mol. The molecule has 0 atom stereocenters. The Morgan fingerprint density at radius 3 is 2.90 bits per heavy atom. The lowest BCUT2D eigenvalue weighted by Crippen LogP contribution is -1.93. The Morgan fingerprint density at radius 2 is 2.20 bits per heavy atom. The molecule has 5 nitrogen and oxygen atoms in total. The Bertz CT molecular complexity index is 807. The van der Waals surface area contributed by atoms with Crippen molar-refractivity contribution < 1.29 is 4.92 Å². The van der Waals surface area contributed by atoms with Crippen LogP contribution >= 0.6 is 23.1 Å². The summed E-state index contributed by atoms with van der Waals surface area (Å²) in [6.07, 6.45) is 1.68. The first-order chi connectivity index (χ1) is 9.56. The van der Waals surface area contributed by atoms with E-state index in [0.29, 0.717) is 9.99 Å². The lowest BCUT2D eigenvalue weighted by Gasteiger charge is -2.04. The van der Waals surface area contributed by atoms with E-state index in [1.54, 1.807) is 11.6 Å². The Kier molecular flexibility index (Phi) is 3.23. The predicted octanol–water partition coefficient (Wildman–Crippen LogP) is 4.07. The van der Waals surface area contributed by atoms with Gasteiger partial charge in [0.05, 0.1) is 0 Å². The van der Waals surface area contributed by atoms with Crippen molar-refractivity contribution in [1.29, 1.82) is 0 Å². The molecule has 3 rings (SSSR count). The normalized spacial score (nSPS) is 11.1. The summed E-state index contributed by atoms with van der Waals surface area (Å²) >= 11 is 2.73. The van der Waals surface area contributed by atoms with E-state index in [4.69, 9.17) is 0 Å². The Morgan fingerprint density at radius 1 is 1.40 bits per heavy atom. The summed E-state index contributed by atoms with van der Waals surface area (Å²) in [6, 6.07) is 6.04. The third-order valence-electron chi connectivity index (χ3n) is 2.92. The Balaban J connectivity index is 2.08. The molecule has 0 radical (unpaired) electrons. The van der Waals surface area contributed by atoms with Gasteiger partial charge < -0.3 is 10.1 Å². The quantitative estimate of drug-likeness (QED) is 0.540. The number of benzene rings is 1. The highest BCUT2D eigenvalue weighted by Crippen LogP contribution is 2.37. The Hall–Kier alpha value is -1.86. The van der Waals surface area contributed by atoms with E-state index >= 15 is 0 Å². The Labute approximate surface area is 123 Å². The fraction of sp³-hybridized carbons (Fsp3) is 0.154. The van der Waals surface area contributed by atoms with Crippen LogP contribution in [0.3, 0.4) is 0 Å². The molecular formula is C13H11N3O2S2. The number of aryl methyl sites for hydroxylation is 2. The maximum Gasteiger partial charge on any atom is 0.363 e. The molecule has 0 aliphatic carbocycles. The number of imidazole rings is 1. The van der Waals surface area contributed by atoms with Crippen LogP contribution in [0.15, 0.2) is 39.7 Å². The van der Waals surface area contributed by atoms with Gasteiger partial charge >= 0.3 is 5.82 Å². The first-order valence-corrected chi connectivity index (χ1v) is 7.61. The number of thiazole rings is 1. The van der Waals surface area contributed by atoms with Crippen molar-refractivity contribution in [3.63, 3.8) is 0 Å². The number of aromatic nitrogens is 2. The van der Waals surface area contributed by atoms with E-state index in [2.05, 4.69) is 11.1 Å². The van der Waals surface area contributed by atoms with Crippen molar-refractivity contribution in [2.45, 2.75) is 23.8 Å². The molecule has 0 bridgehead atoms. The molecule has 1 aromatic carbocycles. The molecule has 0 saturated heterocycles. The van der Waals surface area contributed by atoms with Crippen molar-refractivity contribution in [2.24, 2.45) is 0 Å². The maximum absolute atomic E-state index is 11.3. The summed E-state index contributed by atoms with van der Waals surface area (Å²) in [6.45, 7) is 4.02. The molecule has 20 heavy (non-hydrogen) atoms. The summed E-state index contributed by atoms with van der Waals surface area (Å²) in [5.41, 5.74) is 2.27. The second-order valence-electron chi connectivity index (χ2n) is 4.42. The summed E-state index contributed by atoms with van der Waals surface area (Å²) < 4.78 is 1.52. The van der Waals surface area contributed by atoms with Gasteiger partial charge in [-0.25, -0.2) is 0 Å². The van der Waals surface area contributed by atoms with Gasteiger partial charge in [-0.2, -0.15) is 9.38 Å². The molecule has 0 amide bonds. The number of nitrogens with zero attached hydrogens (tertiary/aromatic N) is 3. The van der Waals surface area contributed by atoms with Gasteiger partial charge in [0.15, 0.2) is 0 Å². The molecule has 0 spiro atoms. The van der Waals surface area contributed by atoms with Crippen LogP contribution in [0.2, 0.25) is 0 Å². The highest BCUT2D eigenvalue weighted by Gasteiger charge is 2.24. The first-order valence-electron chi connectivity index (χ1n) is 5.91. The molecule has 0 fully saturated rings. The third-order valence-corrected chi connectivity index (χ3v) is 4.82. The number of hydrogen-bond acceptors (Lipinski definition) is 5. The zero-order valence-electron chi connectivity index (χ0n) is 10.9. The van der Waals surface area contributed by atoms with Gasteiger partial charge in [0, 0.05) is 10.3 Å². The zero-order valence-corrected chi connectivity index (χ0v) is 12.5. The second kappa shape index (κ2) is 4.92. The largest absolute Gasteiger partial charge is 0.363 e. The topological polar surface area (TPSA) is 60.4 Å². The summed E-state index contributed by atoms with van der Waals surface area (Å²) in [7, 11) is 0. The van der Waals surface area contributed by atoms with E-state index in [0.717, 1.165) is 10.5 Å². The standard InChI is InChI=1S/C13H11N3O2S2/c1-8-3-4-10(9(2)7-8)20-11-12(16(17)18)15-5-6-19-13(15)14-11/h3-7H,1-2H3. The van der Waals surface area contributed by atoms with E-state index in [9.17, 15) is 10.1 Å². The molecule has 7 heteroatoms. The zero-order chi connectivity index (χ0) is 14.3. The van der Waals surface area contributed by atoms with Crippen LogP contribution in [-0.2, 0) is 0 Å². The fourth-order valence-corrected chi connectivity index (χ4v) is 3.73. The lowest BCUT2D eigenvalue weighted by atomic mass is 10.2. The minimum Gasteiger partial charge on any atom is -0.358 e. The van der Waals surface area contributed by atoms with Gasteiger partial charge in [0.2, 0.25) is 5.03 Å². The third kappa shape index (κ3) is 2.19. The molecule has 0 unspecified atom stereocenters. The van der Waals surface area contributed by atoms with Crippen LogP contribution < -0.4 is 0 Å². The van der Waals surface area contributed by atoms with Crippen molar-refractivity contribution in [1.82, 2.24) is 9.38 Å². The summed E-state index contributed by atoms with van der Waals surface area (Å²) in [5.74, 6) is 0.0335. The highest BCUT2D eigenvalue weighted by molar-refractivity contribution is 7.99. The van der Waals surface area contributed by atoms with Crippen molar-refractivity contribution in [2.75, 3.05) is 0 Å². The van der Waals surface area contributed by atoms with E-state index in [1.807, 2.05) is 26.0 Å². The maximum atomic E-state index is 11.3. The van der Waals surface area contributed by atoms with Gasteiger partial charge in [-0.15, -0.1) is 0 Å². The second-order valence-corrected chi connectivity index (χ2v) is 6.33. The monoisotopic (exact) mass is 305 g/mol. The van der Waals surface area contributed by atoms with Crippen LogP contribution in [0.1, 0.15) is 11.1 Å². The van der Waals surface area contributed by atoms with E-state index in [-0.39, 0.29) is 10.7 Å². The molecular weight excluding hydrogens is 294 g/mol. The molecule has 102 valence electrons. The molecule has 2 aromatic heterocycles. The minimum absolute atomic E-state index is 0.0335. The number of fused-ring (bicyclic) bond motifs is 1. The van der Waals surface area contributed by atoms with Crippen molar-refractivity contribution >= 4 is 33.9 Å². The highest BCUT2D eigenvalue weighted by atomic mass is 32.2. The molecule has 3 aromatic rings. The van der Waals surface area contributed by atoms with E-state index in [1.165, 1.54) is 33.1 Å². The van der Waals surface area contributed by atoms with Crippen LogP contribution in [0.5, 0.6) is 0 Å². The fourth-order valence-electron chi connectivity index (χ4n) is 2.01. The number of nitro groups is 1. The van der Waals surface area contributed by atoms with Gasteiger partial charge in [-0.05, 0) is 30.4 Å². The van der Waals surface area contributed by atoms with Crippen molar-refractivity contribution in [3.05, 3.63) is 51.0 Å². The molecule has 0 N–H and O–H groups in total. The van der Waals surface area contributed by atoms with Gasteiger partial charge in [0.1, 0.15) is 6.20 Å². The molecule has 0 aliphatic heterocycles. The number of rotatable bonds is 3. The average molecular weight is 305 g/mol. The minimum atomic E-state index is -0.376. The molecule has 0 saturated carbocycles. The summed E-state index contributed by atoms with van der Waals surface area (Å²) in [4.78, 5) is 16.9. The van der Waals surface area contributed by atoms with Crippen LogP contribution in [0, 0.1) is 24.0 Å². The number of hydrogen-bond donors (Lipinski definition) is 0. The smallest absolute Gasteiger partial charge is 0.358 e. The van der Waals surface area contributed by atoms with Crippen molar-refractivity contribution in [3.8, 4) is 0 Å². The van der Waals surface area contributed by atoms with Crippen LogP contribution in [-0.4, -0.2) is 14.3 Å². The average Bonchev–Trinajstić information content (AvgIpc) is 2.91. The van der Waals surface area contributed by atoms with Gasteiger partial charge in [-0.3, -0.25) is 0 Å². The molecule has 0 aliphatic rings. The van der Waals surface area contributed by atoms with Crippen LogP contribution in [0.4, 0.5) is 5.82 Å².